The van der Waals surface area contributed by atoms with Crippen molar-refractivity contribution in [3.05, 3.63) is 248 Å². The Labute approximate surface area is 505 Å². The summed E-state index contributed by atoms with van der Waals surface area (Å²) in [5, 5.41) is -3.13. The Bertz CT molecular complexity index is 3360. The smallest absolute Gasteiger partial charge is 0.300 e. The summed E-state index contributed by atoms with van der Waals surface area (Å²) < 4.78 is 332. The average Bonchev–Trinajstić information content (AvgIpc) is 2.21. The van der Waals surface area contributed by atoms with Gasteiger partial charge in [0.2, 0.25) is 0 Å². The Balaban J connectivity index is 0.000000281. The van der Waals surface area contributed by atoms with Crippen LogP contribution in [0.2, 0.25) is 0 Å². The third kappa shape index (κ3) is 17.2. The van der Waals surface area contributed by atoms with E-state index in [0.29, 0.717) is 59.7 Å². The maximum absolute atomic E-state index is 13.8. The van der Waals surface area contributed by atoms with E-state index in [1.165, 1.54) is 24.3 Å². The van der Waals surface area contributed by atoms with Crippen molar-refractivity contribution in [2.24, 2.45) is 0 Å². The zero-order chi connectivity index (χ0) is 65.7. The fraction of sp³-hybridized carbons (Fsp3) is 0.233. The molecule has 4 aliphatic rings. The van der Waals surface area contributed by atoms with Crippen molar-refractivity contribution in [1.82, 2.24) is 9.80 Å². The van der Waals surface area contributed by atoms with Crippen molar-refractivity contribution < 1.29 is 122 Å². The van der Waals surface area contributed by atoms with Gasteiger partial charge in [0.15, 0.2) is 0 Å². The van der Waals surface area contributed by atoms with Crippen LogP contribution in [0.3, 0.4) is 0 Å². The molecule has 89 heavy (non-hydrogen) atoms. The second-order valence-electron chi connectivity index (χ2n) is 19.9. The number of nitrogens with zero attached hydrogens (tertiary/aromatic N) is 2. The summed E-state index contributed by atoms with van der Waals surface area (Å²) in [4.78, 5) is 3.26. The fourth-order valence-corrected chi connectivity index (χ4v) is 14.6. The largest absolute Gasteiger partial charge is 2.00 e. The van der Waals surface area contributed by atoms with E-state index in [9.17, 15) is 105 Å². The van der Waals surface area contributed by atoms with Gasteiger partial charge in [-0.3, -0.25) is 4.90 Å². The van der Waals surface area contributed by atoms with Crippen LogP contribution in [0.25, 0.3) is 0 Å². The Morgan fingerprint density at radius 1 is 0.382 bits per heavy atom. The number of hydrogen-bond acceptors (Lipinski definition) is 2. The monoisotopic (exact) mass is 1360 g/mol. The topological polar surface area (TPSA) is 6.48 Å². The minimum atomic E-state index is -5.32. The van der Waals surface area contributed by atoms with Crippen LogP contribution in [-0.4, -0.2) is 50.1 Å². The van der Waals surface area contributed by atoms with E-state index in [2.05, 4.69) is 11.5 Å². The zero-order valence-electron chi connectivity index (χ0n) is 45.4. The van der Waals surface area contributed by atoms with Crippen molar-refractivity contribution in [3.63, 3.8) is 0 Å². The number of alkyl halides is 24. The van der Waals surface area contributed by atoms with E-state index in [0.717, 1.165) is 0 Å². The molecule has 0 N–H and O–H groups in total. The van der Waals surface area contributed by atoms with Crippen molar-refractivity contribution in [2.45, 2.75) is 61.5 Å². The molecule has 2 radical (unpaired) electrons. The molecule has 0 unspecified atom stereocenters. The predicted octanol–water partition coefficient (Wildman–Crippen LogP) is 18.0. The minimum Gasteiger partial charge on any atom is -0.300 e. The molecule has 0 bridgehead atoms. The molecule has 2 nitrogen and oxygen atoms in total. The minimum absolute atomic E-state index is 0. The normalized spacial score (nSPS) is 16.5. The van der Waals surface area contributed by atoms with E-state index in [-0.39, 0.29) is 63.1 Å². The molecule has 2 atom stereocenters. The third-order valence-corrected chi connectivity index (χ3v) is 18.0. The summed E-state index contributed by atoms with van der Waals surface area (Å²) in [7, 11) is 0.634. The molecule has 4 aliphatic carbocycles. The van der Waals surface area contributed by atoms with Gasteiger partial charge < -0.3 is 4.90 Å². The van der Waals surface area contributed by atoms with Crippen LogP contribution in [0.4, 0.5) is 105 Å². The number of rotatable bonds is 12. The molecule has 29 heteroatoms. The van der Waals surface area contributed by atoms with Crippen LogP contribution in [0, 0.1) is 25.7 Å². The molecular weight excluding hydrogens is 1320 g/mol. The van der Waals surface area contributed by atoms with Crippen LogP contribution in [0.5, 0.6) is 0 Å². The molecule has 0 heterocycles. The van der Waals surface area contributed by atoms with Crippen molar-refractivity contribution in [3.8, 4) is 0 Å². The summed E-state index contributed by atoms with van der Waals surface area (Å²) >= 11 is 0. The van der Waals surface area contributed by atoms with Gasteiger partial charge in [0.25, 0.3) is 0 Å². The summed E-state index contributed by atoms with van der Waals surface area (Å²) in [6, 6.07) is 0.505. The predicted molar refractivity (Wildman–Crippen MR) is 284 cm³/mol. The average molecular weight is 1360 g/mol. The van der Waals surface area contributed by atoms with Crippen LogP contribution in [-0.2, 0) is 66.5 Å². The second kappa shape index (κ2) is 26.5. The van der Waals surface area contributed by atoms with Gasteiger partial charge in [0.05, 0.1) is 44.5 Å². The van der Waals surface area contributed by atoms with Crippen molar-refractivity contribution >= 4 is 37.1 Å². The maximum atomic E-state index is 13.8. The van der Waals surface area contributed by atoms with Crippen molar-refractivity contribution in [2.75, 3.05) is 28.2 Å². The SMILES string of the molecule is CN(C)[C@@H](C1=C[CH]C=C[CH-]1)C1=C(P(c2cc(C(F)(F)F)cc(C(F)(F)F)c2)c2cc(C(F)(F)F)cc(C(F)(F)F)c2)C=C=C1.CN(C)[C@H](C1=C=CC=C1P(c1cc(C(F)(F)F)cc(C(F)(F)F)c1)c1cc(C(F)(F)F)cc(C(F)(F)F)c1)C1=C[CH]C=C[CH-]1.[Fe+2]. The molecule has 0 fully saturated rings. The quantitative estimate of drug-likeness (QED) is 0.0459. The Kier molecular flexibility index (Phi) is 21.4. The Morgan fingerprint density at radius 3 is 0.944 bits per heavy atom. The summed E-state index contributed by atoms with van der Waals surface area (Å²) in [6.07, 6.45) is -20.9. The molecule has 4 aromatic carbocycles. The van der Waals surface area contributed by atoms with Crippen molar-refractivity contribution in [1.29, 1.82) is 0 Å². The Morgan fingerprint density at radius 2 is 0.674 bits per heavy atom. The van der Waals surface area contributed by atoms with Gasteiger partial charge in [0.1, 0.15) is 0 Å². The Hall–Kier alpha value is -6.28. The van der Waals surface area contributed by atoms with E-state index in [4.69, 9.17) is 0 Å². The molecule has 0 aliphatic heterocycles. The van der Waals surface area contributed by atoms with E-state index >= 15 is 0 Å². The molecule has 0 spiro atoms. The van der Waals surface area contributed by atoms with E-state index in [1.54, 1.807) is 100 Å². The summed E-state index contributed by atoms with van der Waals surface area (Å²) in [5.74, 6) is 0. The third-order valence-electron chi connectivity index (χ3n) is 13.1. The maximum Gasteiger partial charge on any atom is 2.00 e. The molecular formula is C60H40F24FeN2P2. The van der Waals surface area contributed by atoms with Gasteiger partial charge >= 0.3 is 66.5 Å². The van der Waals surface area contributed by atoms with Gasteiger partial charge in [-0.1, -0.05) is 0 Å². The molecule has 4 aromatic rings. The van der Waals surface area contributed by atoms with Gasteiger partial charge in [-0.15, -0.1) is 35.5 Å². The van der Waals surface area contributed by atoms with Gasteiger partial charge in [-0.2, -0.15) is 155 Å². The fourth-order valence-electron chi connectivity index (χ4n) is 9.44. The molecule has 8 rings (SSSR count). The molecule has 0 amide bonds. The number of benzene rings is 4. The van der Waals surface area contributed by atoms with Crippen LogP contribution < -0.4 is 21.2 Å². The first-order valence-corrected chi connectivity index (χ1v) is 27.6. The van der Waals surface area contributed by atoms with Crippen LogP contribution >= 0.6 is 15.8 Å². The molecule has 0 aromatic heterocycles. The number of likely N-dealkylation sites (N-methyl/N-ethyl adjacent to an activating group) is 2. The van der Waals surface area contributed by atoms with E-state index in [1.807, 2.05) is 0 Å². The van der Waals surface area contributed by atoms with Gasteiger partial charge in [-0.25, -0.2) is 0 Å². The van der Waals surface area contributed by atoms with Gasteiger partial charge in [0, 0.05) is 17.7 Å². The zero-order valence-corrected chi connectivity index (χ0v) is 48.3. The first-order valence-electron chi connectivity index (χ1n) is 24.9. The van der Waals surface area contributed by atoms with Gasteiger partial charge in [-0.05, 0) is 179 Å². The second-order valence-corrected chi connectivity index (χ2v) is 24.2. The number of allylic oxidation sites excluding steroid dienone is 8. The molecule has 0 saturated carbocycles. The number of halogens is 24. The summed E-state index contributed by atoms with van der Waals surface area (Å²) in [5.41, 5.74) is -6.97. The summed E-state index contributed by atoms with van der Waals surface area (Å²) in [6.45, 7) is 0. The number of hydrogen-bond donors (Lipinski definition) is 0. The molecule has 0 saturated heterocycles. The van der Waals surface area contributed by atoms with Crippen LogP contribution in [0.1, 0.15) is 44.5 Å². The van der Waals surface area contributed by atoms with E-state index < -0.39 is 143 Å². The molecule has 476 valence electrons. The first kappa shape index (κ1) is 71.8. The standard InChI is InChI=1S/2C30H20F12NP.Fe/c2*1-43(2)26(17-7-4-3-5-8-17)24-9-6-10-25(24)44(22-13-18(27(31,32)33)11-19(14-22)28(34,35)36)23-15-20(29(37,38)39)12-21(16-23)30(40,41)42;/h3-5,7-16,26H,1-2H3;3-8,10-16,26H,1-2H3;/q2*-1;+2/t2*26-;/m00./s1. The van der Waals surface area contributed by atoms with Crippen LogP contribution in [0.15, 0.2) is 178 Å². The first-order chi connectivity index (χ1) is 40.3.